The van der Waals surface area contributed by atoms with Gasteiger partial charge in [-0.3, -0.25) is 0 Å². The SMILES string of the molecule is CC1(C)c2cc(-c3ccc(-c4ccccc4)cc3)ccc2-c2ccc(N(c3ccc(-c4ccc5cc(-c6ccc7cc(N(c8ccc(-c9cccc%10ccccc9%10)cc8)c8ccc9c(c8)C(C)(C)c8cc(-c%10ccc(-c%11ccccc%11)cc%10)ccc8-9)c8ccccc8c7c6)ccc5c4)cc3)c3cc4ccccc4c4ccccc34)cc21. The van der Waals surface area contributed by atoms with Crippen LogP contribution < -0.4 is 9.80 Å². The van der Waals surface area contributed by atoms with E-state index in [4.69, 9.17) is 0 Å². The Hall–Kier alpha value is -14.4. The Bertz CT molecular complexity index is 7330. The first kappa shape index (κ1) is 68.4. The van der Waals surface area contributed by atoms with Crippen LogP contribution in [0.25, 0.3) is 165 Å². The first-order valence-electron chi connectivity index (χ1n) is 40.6. The molecule has 20 aromatic rings. The maximum absolute atomic E-state index is 2.51. The average molecular weight is 1480 g/mol. The predicted molar refractivity (Wildman–Crippen MR) is 494 cm³/mol. The van der Waals surface area contributed by atoms with E-state index in [-0.39, 0.29) is 10.8 Å². The monoisotopic (exact) mass is 1480 g/mol. The Morgan fingerprint density at radius 2 is 0.457 bits per heavy atom. The molecule has 0 heterocycles. The summed E-state index contributed by atoms with van der Waals surface area (Å²) in [7, 11) is 0. The van der Waals surface area contributed by atoms with Gasteiger partial charge in [-0.1, -0.05) is 349 Å². The van der Waals surface area contributed by atoms with Crippen LogP contribution in [0.2, 0.25) is 0 Å². The van der Waals surface area contributed by atoms with Gasteiger partial charge in [0.05, 0.1) is 11.4 Å². The molecule has 0 N–H and O–H groups in total. The average Bonchev–Trinajstić information content (AvgIpc) is 1.52. The molecule has 2 heteroatoms. The maximum atomic E-state index is 2.51. The molecule has 20 aromatic carbocycles. The van der Waals surface area contributed by atoms with Crippen LogP contribution in [-0.4, -0.2) is 0 Å². The van der Waals surface area contributed by atoms with E-state index in [0.29, 0.717) is 0 Å². The zero-order valence-electron chi connectivity index (χ0n) is 65.2. The molecule has 0 radical (unpaired) electrons. The second-order valence-electron chi connectivity index (χ2n) is 32.7. The molecule has 0 bridgehead atoms. The number of hydrogen-bond acceptors (Lipinski definition) is 2. The van der Waals surface area contributed by atoms with Gasteiger partial charge in [-0.15, -0.1) is 0 Å². The molecule has 0 atom stereocenters. The fourth-order valence-electron chi connectivity index (χ4n) is 19.3. The molecular weight excluding hydrogens is 1400 g/mol. The molecule has 0 aromatic heterocycles. The summed E-state index contributed by atoms with van der Waals surface area (Å²) in [6.45, 7) is 9.61. The fraction of sp³-hybridized carbons (Fsp3) is 0.0526. The largest absolute Gasteiger partial charge is 0.310 e. The third-order valence-corrected chi connectivity index (χ3v) is 25.4. The minimum Gasteiger partial charge on any atom is -0.310 e. The number of rotatable bonds is 13. The molecule has 0 saturated carbocycles. The Morgan fingerprint density at radius 3 is 0.948 bits per heavy atom. The van der Waals surface area contributed by atoms with E-state index < -0.39 is 0 Å². The lowest BCUT2D eigenvalue weighted by Gasteiger charge is -2.30. The van der Waals surface area contributed by atoms with Gasteiger partial charge in [0, 0.05) is 44.4 Å². The van der Waals surface area contributed by atoms with E-state index in [1.807, 2.05) is 0 Å². The Labute approximate surface area is 677 Å². The highest BCUT2D eigenvalue weighted by molar-refractivity contribution is 6.17. The molecule has 0 saturated heterocycles. The Morgan fingerprint density at radius 1 is 0.155 bits per heavy atom. The van der Waals surface area contributed by atoms with Crippen LogP contribution in [0.15, 0.2) is 413 Å². The molecule has 2 aliphatic rings. The normalized spacial score (nSPS) is 13.0. The van der Waals surface area contributed by atoms with Gasteiger partial charge in [-0.2, -0.15) is 0 Å². The highest BCUT2D eigenvalue weighted by atomic mass is 15.2. The summed E-state index contributed by atoms with van der Waals surface area (Å²) in [6.07, 6.45) is 0. The number of fused-ring (bicyclic) bond motifs is 14. The van der Waals surface area contributed by atoms with Crippen LogP contribution in [0.1, 0.15) is 49.9 Å². The number of hydrogen-bond donors (Lipinski definition) is 0. The first-order chi connectivity index (χ1) is 57.0. The van der Waals surface area contributed by atoms with Crippen molar-refractivity contribution in [3.8, 4) is 100 Å². The van der Waals surface area contributed by atoms with Crippen LogP contribution in [0.3, 0.4) is 0 Å². The van der Waals surface area contributed by atoms with Crippen molar-refractivity contribution < 1.29 is 0 Å². The van der Waals surface area contributed by atoms with Crippen LogP contribution in [0, 0.1) is 0 Å². The molecule has 116 heavy (non-hydrogen) atoms. The second kappa shape index (κ2) is 27.2. The molecule has 546 valence electrons. The van der Waals surface area contributed by atoms with Gasteiger partial charge < -0.3 is 9.80 Å². The van der Waals surface area contributed by atoms with Crippen molar-refractivity contribution in [2.75, 3.05) is 9.80 Å². The summed E-state index contributed by atoms with van der Waals surface area (Å²) in [5, 5.41) is 14.6. The maximum Gasteiger partial charge on any atom is 0.0546 e. The van der Waals surface area contributed by atoms with E-state index in [9.17, 15) is 0 Å². The van der Waals surface area contributed by atoms with Gasteiger partial charge in [0.1, 0.15) is 0 Å². The number of anilines is 6. The van der Waals surface area contributed by atoms with Crippen LogP contribution in [0.4, 0.5) is 34.1 Å². The minimum absolute atomic E-state index is 0.254. The summed E-state index contributed by atoms with van der Waals surface area (Å²) < 4.78 is 0. The Kier molecular flexibility index (Phi) is 16.0. The minimum atomic E-state index is -0.270. The zero-order valence-corrected chi connectivity index (χ0v) is 65.2. The molecule has 0 unspecified atom stereocenters. The highest BCUT2D eigenvalue weighted by Crippen LogP contribution is 2.56. The smallest absolute Gasteiger partial charge is 0.0546 e. The van der Waals surface area contributed by atoms with E-state index in [1.54, 1.807) is 0 Å². The van der Waals surface area contributed by atoms with Gasteiger partial charge in [0.15, 0.2) is 0 Å². The summed E-state index contributed by atoms with van der Waals surface area (Å²) in [5.74, 6) is 0. The second-order valence-corrected chi connectivity index (χ2v) is 32.7. The van der Waals surface area contributed by atoms with E-state index >= 15 is 0 Å². The molecular formula is C114H80N2. The van der Waals surface area contributed by atoms with Gasteiger partial charge in [-0.25, -0.2) is 0 Å². The standard InChI is InChI=1S/C114H80N2/c1-113(2)107-67-87(77-38-34-75(35-39-77)73-20-7-5-8-21-73)52-60-100(107)102-62-58-93(71-109(102)113)115(111-69-89-25-12-14-28-97(89)98-29-15-17-31-104(98)111)91-54-48-79(49-55-91)82-42-43-84-65-85(45-44-83(84)64-82)86-46-47-90-70-112(105-32-18-16-30-99(105)106(90)66-86)116(92-56-50-81(51-57-92)96-33-19-26-80-24-11-13-27-95(80)96)94-59-63-103-101-61-53-88(68-108(101)114(3,4)110(103)72-94)78-40-36-76(37-41-78)74-22-9-6-10-23-74/h5-72H,1-4H3. The third-order valence-electron chi connectivity index (χ3n) is 25.4. The molecule has 22 rings (SSSR count). The van der Waals surface area contributed by atoms with Crippen molar-refractivity contribution in [1.82, 2.24) is 0 Å². The van der Waals surface area contributed by atoms with E-state index in [1.165, 1.54) is 181 Å². The summed E-state index contributed by atoms with van der Waals surface area (Å²) in [4.78, 5) is 5.00. The summed E-state index contributed by atoms with van der Waals surface area (Å²) in [6, 6.07) is 154. The Balaban J connectivity index is 0.587. The predicted octanol–water partition coefficient (Wildman–Crippen LogP) is 31.8. The van der Waals surface area contributed by atoms with Crippen molar-refractivity contribution in [1.29, 1.82) is 0 Å². The summed E-state index contributed by atoms with van der Waals surface area (Å²) in [5.41, 5.74) is 33.6. The van der Waals surface area contributed by atoms with Crippen LogP contribution in [-0.2, 0) is 10.8 Å². The molecule has 2 nitrogen and oxygen atoms in total. The van der Waals surface area contributed by atoms with Crippen molar-refractivity contribution in [2.24, 2.45) is 0 Å². The van der Waals surface area contributed by atoms with Crippen molar-refractivity contribution in [3.05, 3.63) is 435 Å². The van der Waals surface area contributed by atoms with Crippen LogP contribution in [0.5, 0.6) is 0 Å². The number of benzene rings is 20. The molecule has 0 aliphatic heterocycles. The molecule has 0 fully saturated rings. The van der Waals surface area contributed by atoms with E-state index in [0.717, 1.165) is 39.7 Å². The quantitative estimate of drug-likeness (QED) is 0.106. The van der Waals surface area contributed by atoms with Crippen molar-refractivity contribution in [2.45, 2.75) is 38.5 Å². The molecule has 0 spiro atoms. The zero-order chi connectivity index (χ0) is 77.3. The fourth-order valence-corrected chi connectivity index (χ4v) is 19.3. The summed E-state index contributed by atoms with van der Waals surface area (Å²) >= 11 is 0. The first-order valence-corrected chi connectivity index (χ1v) is 40.6. The van der Waals surface area contributed by atoms with Crippen molar-refractivity contribution in [3.63, 3.8) is 0 Å². The van der Waals surface area contributed by atoms with Gasteiger partial charge in [-0.05, 0) is 267 Å². The van der Waals surface area contributed by atoms with Gasteiger partial charge >= 0.3 is 0 Å². The lowest BCUT2D eigenvalue weighted by atomic mass is 9.81. The van der Waals surface area contributed by atoms with Gasteiger partial charge in [0.2, 0.25) is 0 Å². The lowest BCUT2D eigenvalue weighted by Crippen LogP contribution is -2.17. The van der Waals surface area contributed by atoms with Crippen LogP contribution >= 0.6 is 0 Å². The molecule has 0 amide bonds. The van der Waals surface area contributed by atoms with Gasteiger partial charge in [0.25, 0.3) is 0 Å². The lowest BCUT2D eigenvalue weighted by molar-refractivity contribution is 0.660. The molecule has 2 aliphatic carbocycles. The highest BCUT2D eigenvalue weighted by Gasteiger charge is 2.39. The van der Waals surface area contributed by atoms with Crippen molar-refractivity contribution >= 4 is 98.8 Å². The topological polar surface area (TPSA) is 6.48 Å². The third kappa shape index (κ3) is 11.5. The van der Waals surface area contributed by atoms with E-state index in [2.05, 4.69) is 450 Å². The number of nitrogens with zero attached hydrogens (tertiary/aromatic N) is 2.